The molecule has 2 aromatic carbocycles. The normalized spacial score (nSPS) is 17.2. The van der Waals surface area contributed by atoms with Crippen LogP contribution in [0.3, 0.4) is 0 Å². The summed E-state index contributed by atoms with van der Waals surface area (Å²) < 4.78 is 29.9. The lowest BCUT2D eigenvalue weighted by Crippen LogP contribution is -2.30. The number of fused-ring (bicyclic) bond motifs is 2. The molecule has 3 heterocycles. The van der Waals surface area contributed by atoms with Crippen molar-refractivity contribution in [1.82, 2.24) is 4.57 Å². The lowest BCUT2D eigenvalue weighted by molar-refractivity contribution is 0.0592. The Morgan fingerprint density at radius 2 is 1.95 bits per heavy atom. The maximum absolute atomic E-state index is 13.9. The first kappa shape index (κ1) is 25.2. The number of halogens is 1. The van der Waals surface area contributed by atoms with Gasteiger partial charge in [0.1, 0.15) is 23.4 Å². The molecule has 2 aliphatic rings. The number of hydrogen-bond donors (Lipinski definition) is 0. The Balaban J connectivity index is 1.74. The van der Waals surface area contributed by atoms with E-state index in [0.29, 0.717) is 54.0 Å². The minimum Gasteiger partial charge on any atom is -0.492 e. The molecule has 37 heavy (non-hydrogen) atoms. The number of rotatable bonds is 8. The van der Waals surface area contributed by atoms with Crippen LogP contribution in [0.5, 0.6) is 17.2 Å². The van der Waals surface area contributed by atoms with Crippen molar-refractivity contribution in [3.8, 4) is 28.5 Å². The zero-order valence-electron chi connectivity index (χ0n) is 20.9. The van der Waals surface area contributed by atoms with Crippen LogP contribution in [0.4, 0.5) is 0 Å². The summed E-state index contributed by atoms with van der Waals surface area (Å²) in [7, 11) is 2.89. The van der Waals surface area contributed by atoms with E-state index in [9.17, 15) is 9.59 Å². The van der Waals surface area contributed by atoms with Gasteiger partial charge in [0.15, 0.2) is 5.56 Å². The van der Waals surface area contributed by atoms with Crippen molar-refractivity contribution in [3.05, 3.63) is 74.5 Å². The van der Waals surface area contributed by atoms with Gasteiger partial charge in [0.2, 0.25) is 0 Å². The smallest absolute Gasteiger partial charge is 0.347 e. The number of pyridine rings is 1. The Bertz CT molecular complexity index is 1390. The number of carbonyl (C=O) groups is 1. The van der Waals surface area contributed by atoms with E-state index in [2.05, 4.69) is 0 Å². The van der Waals surface area contributed by atoms with Crippen LogP contribution in [-0.2, 0) is 16.0 Å². The molecule has 194 valence electrons. The summed E-state index contributed by atoms with van der Waals surface area (Å²) in [5.41, 5.74) is 2.28. The number of carbonyl (C=O) groups excluding carboxylic acids is 1. The summed E-state index contributed by atoms with van der Waals surface area (Å²) in [5, 5.41) is 0.384. The fourth-order valence-electron chi connectivity index (χ4n) is 4.91. The van der Waals surface area contributed by atoms with Gasteiger partial charge >= 0.3 is 5.97 Å². The molecule has 0 N–H and O–H groups in total. The predicted molar refractivity (Wildman–Crippen MR) is 138 cm³/mol. The first-order valence-electron chi connectivity index (χ1n) is 12.1. The average Bonchev–Trinajstić information content (AvgIpc) is 3.12. The Morgan fingerprint density at radius 1 is 1.16 bits per heavy atom. The molecule has 0 radical (unpaired) electrons. The summed E-state index contributed by atoms with van der Waals surface area (Å²) in [6.07, 6.45) is 0.388. The van der Waals surface area contributed by atoms with E-state index in [1.807, 2.05) is 37.3 Å². The molecule has 0 saturated carbocycles. The van der Waals surface area contributed by atoms with Gasteiger partial charge in [0.05, 0.1) is 43.5 Å². The molecule has 1 aromatic heterocycles. The largest absolute Gasteiger partial charge is 0.492 e. The summed E-state index contributed by atoms with van der Waals surface area (Å²) in [5.74, 6) is 0.332. The fourth-order valence-corrected chi connectivity index (χ4v) is 5.13. The van der Waals surface area contributed by atoms with Crippen molar-refractivity contribution in [1.29, 1.82) is 0 Å². The molecule has 2 aliphatic heterocycles. The fraction of sp³-hybridized carbons (Fsp3) is 0.357. The number of esters is 1. The van der Waals surface area contributed by atoms with Crippen LogP contribution in [0.1, 0.15) is 40.7 Å². The number of nitrogens with zero attached hydrogens (tertiary/aromatic N) is 1. The van der Waals surface area contributed by atoms with Gasteiger partial charge < -0.3 is 28.3 Å². The van der Waals surface area contributed by atoms with Crippen molar-refractivity contribution >= 4 is 17.6 Å². The van der Waals surface area contributed by atoms with E-state index >= 15 is 0 Å². The predicted octanol–water partition coefficient (Wildman–Crippen LogP) is 4.68. The molecule has 0 fully saturated rings. The van der Waals surface area contributed by atoms with Crippen molar-refractivity contribution in [2.75, 3.05) is 34.0 Å². The van der Waals surface area contributed by atoms with Crippen molar-refractivity contribution < 1.29 is 28.5 Å². The number of aromatic nitrogens is 1. The molecule has 0 aliphatic carbocycles. The van der Waals surface area contributed by atoms with Gasteiger partial charge in [-0.2, -0.15) is 0 Å². The van der Waals surface area contributed by atoms with Gasteiger partial charge in [-0.1, -0.05) is 41.9 Å². The molecular weight excluding hydrogens is 498 g/mol. The zero-order valence-corrected chi connectivity index (χ0v) is 21.7. The number of benzene rings is 2. The average molecular weight is 526 g/mol. The maximum atomic E-state index is 13.9. The topological polar surface area (TPSA) is 85.2 Å². The third kappa shape index (κ3) is 4.55. The van der Waals surface area contributed by atoms with E-state index in [1.165, 1.54) is 7.11 Å². The summed E-state index contributed by atoms with van der Waals surface area (Å²) in [6, 6.07) is 13.1. The van der Waals surface area contributed by atoms with Gasteiger partial charge in [-0.25, -0.2) is 4.79 Å². The molecule has 0 amide bonds. The van der Waals surface area contributed by atoms with Gasteiger partial charge in [0.25, 0.3) is 5.56 Å². The maximum Gasteiger partial charge on any atom is 0.347 e. The Labute approximate surface area is 219 Å². The van der Waals surface area contributed by atoms with Crippen LogP contribution in [-0.4, -0.2) is 50.7 Å². The highest BCUT2D eigenvalue weighted by atomic mass is 35.5. The second-order valence-electron chi connectivity index (χ2n) is 9.05. The highest BCUT2D eigenvalue weighted by Crippen LogP contribution is 2.51. The molecule has 3 aromatic rings. The first-order chi connectivity index (χ1) is 17.9. The van der Waals surface area contributed by atoms with E-state index in [-0.39, 0.29) is 29.9 Å². The molecule has 1 unspecified atom stereocenters. The van der Waals surface area contributed by atoms with Gasteiger partial charge in [0, 0.05) is 37.3 Å². The second-order valence-corrected chi connectivity index (χ2v) is 9.46. The molecular formula is C28H28ClNO7. The van der Waals surface area contributed by atoms with Crippen LogP contribution in [0.15, 0.2) is 47.3 Å². The third-order valence-corrected chi connectivity index (χ3v) is 7.02. The number of ether oxygens (including phenoxy) is 5. The summed E-state index contributed by atoms with van der Waals surface area (Å²) in [4.78, 5) is 26.7. The Hall–Kier alpha value is -3.49. The molecule has 0 spiro atoms. The molecule has 2 atom stereocenters. The van der Waals surface area contributed by atoms with Crippen LogP contribution in [0.25, 0.3) is 11.3 Å². The van der Waals surface area contributed by atoms with Crippen LogP contribution in [0, 0.1) is 0 Å². The second kappa shape index (κ2) is 10.5. The zero-order chi connectivity index (χ0) is 26.1. The van der Waals surface area contributed by atoms with E-state index in [1.54, 1.807) is 23.8 Å². The minimum absolute atomic E-state index is 0.112. The Kier molecular flexibility index (Phi) is 7.13. The summed E-state index contributed by atoms with van der Waals surface area (Å²) in [6.45, 7) is 3.44. The SMILES string of the molecule is COCCCOc1cc2c(cc1Cl)-c1c3c(c(C(=O)OC)c(=O)n1Cc1ccccc1)OC(C)[C@@H]3CO2. The monoisotopic (exact) mass is 525 g/mol. The van der Waals surface area contributed by atoms with Gasteiger partial charge in [-0.05, 0) is 18.6 Å². The van der Waals surface area contributed by atoms with E-state index in [0.717, 1.165) is 11.1 Å². The highest BCUT2D eigenvalue weighted by Gasteiger charge is 2.43. The Morgan fingerprint density at radius 3 is 2.68 bits per heavy atom. The van der Waals surface area contributed by atoms with Crippen LogP contribution >= 0.6 is 11.6 Å². The molecule has 5 rings (SSSR count). The molecule has 8 nitrogen and oxygen atoms in total. The quantitative estimate of drug-likeness (QED) is 0.312. The molecule has 9 heteroatoms. The molecule has 0 saturated heterocycles. The first-order valence-corrected chi connectivity index (χ1v) is 12.5. The lowest BCUT2D eigenvalue weighted by Gasteiger charge is -2.20. The third-order valence-electron chi connectivity index (χ3n) is 6.73. The number of methoxy groups -OCH3 is 2. The summed E-state index contributed by atoms with van der Waals surface area (Å²) >= 11 is 6.67. The van der Waals surface area contributed by atoms with Crippen LogP contribution < -0.4 is 19.8 Å². The van der Waals surface area contributed by atoms with Crippen molar-refractivity contribution in [2.24, 2.45) is 0 Å². The standard InChI is InChI=1S/C28H28ClNO7/c1-16-19-15-36-21-13-22(35-11-7-10-33-2)20(29)12-18(21)25-23(19)26(37-16)24(28(32)34-3)27(31)30(25)14-17-8-5-4-6-9-17/h4-6,8-9,12-13,16,19H,7,10-11,14-15H2,1-3H3/t16?,19-/m0/s1. The van der Waals surface area contributed by atoms with Gasteiger partial charge in [-0.3, -0.25) is 4.79 Å². The van der Waals surface area contributed by atoms with Gasteiger partial charge in [-0.15, -0.1) is 0 Å². The molecule has 0 bridgehead atoms. The van der Waals surface area contributed by atoms with Crippen LogP contribution in [0.2, 0.25) is 5.02 Å². The van der Waals surface area contributed by atoms with E-state index < -0.39 is 11.5 Å². The minimum atomic E-state index is -0.735. The van der Waals surface area contributed by atoms with E-state index in [4.69, 9.17) is 35.3 Å². The highest BCUT2D eigenvalue weighted by molar-refractivity contribution is 6.32. The van der Waals surface area contributed by atoms with Crippen molar-refractivity contribution in [2.45, 2.75) is 31.9 Å². The van der Waals surface area contributed by atoms with Crippen molar-refractivity contribution in [3.63, 3.8) is 0 Å². The lowest BCUT2D eigenvalue weighted by atomic mass is 9.91. The number of hydrogen-bond acceptors (Lipinski definition) is 7.